The maximum Gasteiger partial charge on any atom is 0.0452 e. The smallest absolute Gasteiger partial charge is 0.0452 e. The van der Waals surface area contributed by atoms with Gasteiger partial charge in [0.25, 0.3) is 0 Å². The number of rotatable bonds is 3. The van der Waals surface area contributed by atoms with Gasteiger partial charge in [-0.1, -0.05) is 53.9 Å². The molecule has 1 aromatic rings. The highest BCUT2D eigenvalue weighted by atomic mass is 79.9. The van der Waals surface area contributed by atoms with Crippen LogP contribution in [0.2, 0.25) is 5.02 Å². The van der Waals surface area contributed by atoms with Crippen LogP contribution in [0.1, 0.15) is 41.8 Å². The summed E-state index contributed by atoms with van der Waals surface area (Å²) in [6.07, 6.45) is 1.15. The van der Waals surface area contributed by atoms with E-state index in [2.05, 4.69) is 55.8 Å². The maximum absolute atomic E-state index is 6.27. The van der Waals surface area contributed by atoms with E-state index in [9.17, 15) is 0 Å². The van der Waals surface area contributed by atoms with Crippen LogP contribution in [-0.4, -0.2) is 0 Å². The summed E-state index contributed by atoms with van der Waals surface area (Å²) >= 11 is 10.0. The van der Waals surface area contributed by atoms with Crippen molar-refractivity contribution in [2.24, 2.45) is 5.92 Å². The van der Waals surface area contributed by atoms with Crippen molar-refractivity contribution in [3.05, 3.63) is 33.8 Å². The van der Waals surface area contributed by atoms with Gasteiger partial charge in [0.05, 0.1) is 0 Å². The van der Waals surface area contributed by atoms with E-state index in [4.69, 9.17) is 11.6 Å². The number of benzene rings is 1. The van der Waals surface area contributed by atoms with Crippen LogP contribution in [0.15, 0.2) is 12.1 Å². The zero-order chi connectivity index (χ0) is 11.6. The lowest BCUT2D eigenvalue weighted by atomic mass is 9.96. The molecule has 0 heterocycles. The maximum atomic E-state index is 6.27. The van der Waals surface area contributed by atoms with E-state index >= 15 is 0 Å². The Morgan fingerprint density at radius 2 is 1.80 bits per heavy atom. The summed E-state index contributed by atoms with van der Waals surface area (Å²) in [5.41, 5.74) is 3.78. The van der Waals surface area contributed by atoms with Gasteiger partial charge in [0.1, 0.15) is 0 Å². The number of alkyl halides is 1. The van der Waals surface area contributed by atoms with Gasteiger partial charge in [-0.15, -0.1) is 0 Å². The predicted molar refractivity (Wildman–Crippen MR) is 72.0 cm³/mol. The molecule has 2 heteroatoms. The Balaban J connectivity index is 3.09. The average Bonchev–Trinajstić information content (AvgIpc) is 2.21. The fourth-order valence-electron chi connectivity index (χ4n) is 1.53. The van der Waals surface area contributed by atoms with E-state index in [0.29, 0.717) is 10.7 Å². The minimum absolute atomic E-state index is 0.356. The van der Waals surface area contributed by atoms with Gasteiger partial charge in [-0.3, -0.25) is 0 Å². The van der Waals surface area contributed by atoms with Crippen LogP contribution < -0.4 is 0 Å². The van der Waals surface area contributed by atoms with Crippen LogP contribution in [0.4, 0.5) is 0 Å². The third kappa shape index (κ3) is 2.98. The fraction of sp³-hybridized carbons (Fsp3) is 0.538. The Kier molecular flexibility index (Phi) is 4.66. The van der Waals surface area contributed by atoms with E-state index in [0.717, 1.165) is 11.4 Å². The molecule has 0 bridgehead atoms. The normalized spacial score (nSPS) is 15.1. The van der Waals surface area contributed by atoms with Crippen molar-refractivity contribution in [3.8, 4) is 0 Å². The van der Waals surface area contributed by atoms with E-state index in [-0.39, 0.29) is 0 Å². The quantitative estimate of drug-likeness (QED) is 0.650. The minimum Gasteiger partial charge on any atom is -0.0840 e. The first-order chi connectivity index (χ1) is 6.97. The Morgan fingerprint density at radius 1 is 1.27 bits per heavy atom. The van der Waals surface area contributed by atoms with Crippen molar-refractivity contribution in [3.63, 3.8) is 0 Å². The number of halogens is 2. The SMILES string of the molecule is CCC(C)C(Br)c1cc(C)c(C)cc1Cl. The molecule has 15 heavy (non-hydrogen) atoms. The molecular formula is C13H18BrCl. The summed E-state index contributed by atoms with van der Waals surface area (Å²) in [4.78, 5) is 0.356. The van der Waals surface area contributed by atoms with E-state index in [1.807, 2.05) is 0 Å². The zero-order valence-electron chi connectivity index (χ0n) is 9.77. The van der Waals surface area contributed by atoms with Crippen LogP contribution >= 0.6 is 27.5 Å². The first kappa shape index (κ1) is 13.1. The highest BCUT2D eigenvalue weighted by Gasteiger charge is 2.17. The van der Waals surface area contributed by atoms with Gasteiger partial charge < -0.3 is 0 Å². The Labute approximate surface area is 106 Å². The molecule has 0 nitrogen and oxygen atoms in total. The molecule has 0 aliphatic carbocycles. The highest BCUT2D eigenvalue weighted by Crippen LogP contribution is 2.37. The van der Waals surface area contributed by atoms with Crippen LogP contribution in [0.5, 0.6) is 0 Å². The number of aryl methyl sites for hydroxylation is 2. The molecule has 0 spiro atoms. The van der Waals surface area contributed by atoms with Gasteiger partial charge in [0.15, 0.2) is 0 Å². The second-order valence-electron chi connectivity index (χ2n) is 4.25. The van der Waals surface area contributed by atoms with Crippen molar-refractivity contribution in [1.29, 1.82) is 0 Å². The third-order valence-corrected chi connectivity index (χ3v) is 4.78. The second-order valence-corrected chi connectivity index (χ2v) is 5.64. The molecule has 1 rings (SSSR count). The summed E-state index contributed by atoms with van der Waals surface area (Å²) in [6.45, 7) is 8.67. The van der Waals surface area contributed by atoms with Crippen LogP contribution in [0.3, 0.4) is 0 Å². The molecule has 84 valence electrons. The summed E-state index contributed by atoms with van der Waals surface area (Å²) in [5, 5.41) is 0.875. The van der Waals surface area contributed by atoms with E-state index in [1.54, 1.807) is 0 Å². The zero-order valence-corrected chi connectivity index (χ0v) is 12.1. The average molecular weight is 290 g/mol. The Bertz CT molecular complexity index is 347. The summed E-state index contributed by atoms with van der Waals surface area (Å²) in [5.74, 6) is 0.601. The molecule has 1 aromatic carbocycles. The van der Waals surface area contributed by atoms with Crippen molar-refractivity contribution in [2.75, 3.05) is 0 Å². The highest BCUT2D eigenvalue weighted by molar-refractivity contribution is 9.09. The van der Waals surface area contributed by atoms with Crippen molar-refractivity contribution >= 4 is 27.5 Å². The summed E-state index contributed by atoms with van der Waals surface area (Å²) < 4.78 is 0. The molecule has 0 saturated carbocycles. The largest absolute Gasteiger partial charge is 0.0840 e. The van der Waals surface area contributed by atoms with Gasteiger partial charge in [0.2, 0.25) is 0 Å². The molecule has 0 fully saturated rings. The van der Waals surface area contributed by atoms with Crippen LogP contribution in [0.25, 0.3) is 0 Å². The van der Waals surface area contributed by atoms with E-state index in [1.165, 1.54) is 16.7 Å². The first-order valence-corrected chi connectivity index (χ1v) is 6.67. The summed E-state index contributed by atoms with van der Waals surface area (Å²) in [7, 11) is 0. The van der Waals surface area contributed by atoms with Gasteiger partial charge >= 0.3 is 0 Å². The Hall–Kier alpha value is -0.0100. The van der Waals surface area contributed by atoms with Crippen molar-refractivity contribution in [2.45, 2.75) is 38.9 Å². The molecule has 0 saturated heterocycles. The monoisotopic (exact) mass is 288 g/mol. The molecule has 0 radical (unpaired) electrons. The first-order valence-electron chi connectivity index (χ1n) is 5.38. The summed E-state index contributed by atoms with van der Waals surface area (Å²) in [6, 6.07) is 4.26. The molecule has 0 amide bonds. The predicted octanol–water partition coefficient (Wildman–Crippen LogP) is 5.44. The molecule has 0 aliphatic rings. The molecular weight excluding hydrogens is 272 g/mol. The van der Waals surface area contributed by atoms with Gasteiger partial charge in [-0.2, -0.15) is 0 Å². The van der Waals surface area contributed by atoms with Gasteiger partial charge in [-0.25, -0.2) is 0 Å². The van der Waals surface area contributed by atoms with Crippen LogP contribution in [0, 0.1) is 19.8 Å². The molecule has 0 aliphatic heterocycles. The van der Waals surface area contributed by atoms with Crippen molar-refractivity contribution < 1.29 is 0 Å². The Morgan fingerprint density at radius 3 is 2.33 bits per heavy atom. The second kappa shape index (κ2) is 5.36. The lowest BCUT2D eigenvalue weighted by Crippen LogP contribution is -2.03. The molecule has 0 N–H and O–H groups in total. The molecule has 2 unspecified atom stereocenters. The van der Waals surface area contributed by atoms with Crippen molar-refractivity contribution in [1.82, 2.24) is 0 Å². The third-order valence-electron chi connectivity index (χ3n) is 3.05. The van der Waals surface area contributed by atoms with E-state index < -0.39 is 0 Å². The lowest BCUT2D eigenvalue weighted by Gasteiger charge is -2.19. The van der Waals surface area contributed by atoms with Gasteiger partial charge in [-0.05, 0) is 42.5 Å². The van der Waals surface area contributed by atoms with Crippen LogP contribution in [-0.2, 0) is 0 Å². The topological polar surface area (TPSA) is 0 Å². The number of hydrogen-bond donors (Lipinski definition) is 0. The number of hydrogen-bond acceptors (Lipinski definition) is 0. The molecule has 2 atom stereocenters. The minimum atomic E-state index is 0.356. The molecule has 0 aromatic heterocycles. The lowest BCUT2D eigenvalue weighted by molar-refractivity contribution is 0.555. The standard InChI is InChI=1S/C13H18BrCl/c1-5-8(2)13(14)11-6-9(3)10(4)7-12(11)15/h6-8,13H,5H2,1-4H3. The van der Waals surface area contributed by atoms with Gasteiger partial charge in [0, 0.05) is 9.85 Å². The fourth-order valence-corrected chi connectivity index (χ4v) is 2.75.